The number of nitrogens with one attached hydrogen (secondary N) is 1. The Morgan fingerprint density at radius 3 is 2.46 bits per heavy atom. The van der Waals surface area contributed by atoms with Gasteiger partial charge < -0.3 is 15.8 Å². The molecule has 0 atom stereocenters. The summed E-state index contributed by atoms with van der Waals surface area (Å²) < 4.78 is 5.37. The van der Waals surface area contributed by atoms with Gasteiger partial charge in [-0.15, -0.1) is 0 Å². The number of hydrogen-bond donors (Lipinski definition) is 2. The lowest BCUT2D eigenvalue weighted by molar-refractivity contribution is -0.123. The van der Waals surface area contributed by atoms with Crippen molar-refractivity contribution in [1.82, 2.24) is 5.32 Å². The minimum atomic E-state index is -0.517. The minimum Gasteiger partial charge on any atom is -0.484 e. The Labute approximate surface area is 139 Å². The monoisotopic (exact) mass is 326 g/mol. The van der Waals surface area contributed by atoms with Gasteiger partial charge in [-0.3, -0.25) is 14.4 Å². The van der Waals surface area contributed by atoms with E-state index in [0.29, 0.717) is 16.9 Å². The Bertz CT molecular complexity index is 708. The van der Waals surface area contributed by atoms with E-state index in [1.807, 2.05) is 0 Å². The van der Waals surface area contributed by atoms with Crippen LogP contribution in [-0.4, -0.2) is 24.2 Å². The summed E-state index contributed by atoms with van der Waals surface area (Å²) in [5, 5.41) is 2.69. The number of ether oxygens (including phenoxy) is 1. The molecule has 0 aliphatic rings. The van der Waals surface area contributed by atoms with Gasteiger partial charge >= 0.3 is 0 Å². The van der Waals surface area contributed by atoms with Crippen LogP contribution < -0.4 is 15.8 Å². The zero-order valence-electron chi connectivity index (χ0n) is 13.2. The summed E-state index contributed by atoms with van der Waals surface area (Å²) in [6.45, 7) is 1.56. The fourth-order valence-electron chi connectivity index (χ4n) is 2.04. The quantitative estimate of drug-likeness (QED) is 0.756. The zero-order valence-corrected chi connectivity index (χ0v) is 13.2. The SMILES string of the molecule is CC(=O)c1cccc(OCC(=O)NCc2cccc(C(N)=O)c2)c1. The molecule has 0 bridgehead atoms. The van der Waals surface area contributed by atoms with Gasteiger partial charge in [0, 0.05) is 17.7 Å². The molecule has 2 aromatic carbocycles. The molecule has 0 fully saturated rings. The molecular formula is C18H18N2O4. The fourth-order valence-corrected chi connectivity index (χ4v) is 2.04. The Morgan fingerprint density at radius 2 is 1.75 bits per heavy atom. The Kier molecular flexibility index (Phi) is 5.68. The number of Topliss-reactive ketones (excluding diaryl/α,β-unsaturated/α-hetero) is 1. The van der Waals surface area contributed by atoms with Crippen LogP contribution in [0.25, 0.3) is 0 Å². The summed E-state index contributed by atoms with van der Waals surface area (Å²) in [4.78, 5) is 34.3. The zero-order chi connectivity index (χ0) is 17.5. The van der Waals surface area contributed by atoms with Crippen molar-refractivity contribution < 1.29 is 19.1 Å². The van der Waals surface area contributed by atoms with Gasteiger partial charge in [0.25, 0.3) is 5.91 Å². The summed E-state index contributed by atoms with van der Waals surface area (Å²) in [7, 11) is 0. The first-order valence-electron chi connectivity index (χ1n) is 7.35. The van der Waals surface area contributed by atoms with Crippen molar-refractivity contribution in [2.45, 2.75) is 13.5 Å². The first-order valence-corrected chi connectivity index (χ1v) is 7.35. The first kappa shape index (κ1) is 17.2. The van der Waals surface area contributed by atoms with Crippen molar-refractivity contribution in [1.29, 1.82) is 0 Å². The van der Waals surface area contributed by atoms with Gasteiger partial charge in [-0.1, -0.05) is 24.3 Å². The minimum absolute atomic E-state index is 0.0702. The highest BCUT2D eigenvalue weighted by molar-refractivity contribution is 5.94. The van der Waals surface area contributed by atoms with E-state index in [1.54, 1.807) is 48.5 Å². The van der Waals surface area contributed by atoms with E-state index in [0.717, 1.165) is 5.56 Å². The van der Waals surface area contributed by atoms with Crippen LogP contribution in [0.5, 0.6) is 5.75 Å². The number of rotatable bonds is 7. The van der Waals surface area contributed by atoms with Gasteiger partial charge in [0.1, 0.15) is 5.75 Å². The number of carbonyl (C=O) groups excluding carboxylic acids is 3. The topological polar surface area (TPSA) is 98.5 Å². The third kappa shape index (κ3) is 4.95. The van der Waals surface area contributed by atoms with Gasteiger partial charge in [-0.05, 0) is 36.8 Å². The average Bonchev–Trinajstić information content (AvgIpc) is 2.58. The number of amides is 2. The van der Waals surface area contributed by atoms with E-state index in [1.165, 1.54) is 6.92 Å². The molecule has 0 saturated carbocycles. The number of benzene rings is 2. The maximum atomic E-state index is 11.8. The lowest BCUT2D eigenvalue weighted by Gasteiger charge is -2.09. The maximum Gasteiger partial charge on any atom is 0.258 e. The predicted octanol–water partition coefficient (Wildman–Crippen LogP) is 1.68. The molecule has 6 nitrogen and oxygen atoms in total. The normalized spacial score (nSPS) is 10.0. The highest BCUT2D eigenvalue weighted by atomic mass is 16.5. The largest absolute Gasteiger partial charge is 0.484 e. The second kappa shape index (κ2) is 7.92. The molecule has 124 valence electrons. The van der Waals surface area contributed by atoms with Crippen LogP contribution in [0.2, 0.25) is 0 Å². The molecule has 2 amide bonds. The lowest BCUT2D eigenvalue weighted by Crippen LogP contribution is -2.28. The standard InChI is InChI=1S/C18H18N2O4/c1-12(21)14-5-3-7-16(9-14)24-11-17(22)20-10-13-4-2-6-15(8-13)18(19)23/h2-9H,10-11H2,1H3,(H2,19,23)(H,20,22). The van der Waals surface area contributed by atoms with Crippen LogP contribution in [-0.2, 0) is 11.3 Å². The summed E-state index contributed by atoms with van der Waals surface area (Å²) in [5.74, 6) is -0.447. The molecule has 2 aromatic rings. The number of carbonyl (C=O) groups is 3. The van der Waals surface area contributed by atoms with Crippen LogP contribution in [0.1, 0.15) is 33.2 Å². The third-order valence-electron chi connectivity index (χ3n) is 3.31. The number of ketones is 1. The smallest absolute Gasteiger partial charge is 0.258 e. The van der Waals surface area contributed by atoms with Gasteiger partial charge in [0.15, 0.2) is 12.4 Å². The van der Waals surface area contributed by atoms with Gasteiger partial charge in [-0.2, -0.15) is 0 Å². The molecule has 0 radical (unpaired) electrons. The van der Waals surface area contributed by atoms with Crippen LogP contribution in [0.3, 0.4) is 0 Å². The molecule has 2 rings (SSSR count). The van der Waals surface area contributed by atoms with Crippen molar-refractivity contribution in [3.8, 4) is 5.75 Å². The van der Waals surface area contributed by atoms with Crippen LogP contribution in [0, 0.1) is 0 Å². The summed E-state index contributed by atoms with van der Waals surface area (Å²) in [6.07, 6.45) is 0. The van der Waals surface area contributed by atoms with E-state index >= 15 is 0 Å². The van der Waals surface area contributed by atoms with Gasteiger partial charge in [0.2, 0.25) is 5.91 Å². The number of nitrogens with two attached hydrogens (primary N) is 1. The Morgan fingerprint density at radius 1 is 1.04 bits per heavy atom. The predicted molar refractivity (Wildman–Crippen MR) is 88.7 cm³/mol. The Balaban J connectivity index is 1.85. The van der Waals surface area contributed by atoms with Gasteiger partial charge in [0.05, 0.1) is 0 Å². The highest BCUT2D eigenvalue weighted by Gasteiger charge is 2.06. The molecule has 0 aliphatic carbocycles. The maximum absolute atomic E-state index is 11.8. The second-order valence-corrected chi connectivity index (χ2v) is 5.21. The van der Waals surface area contributed by atoms with Gasteiger partial charge in [-0.25, -0.2) is 0 Å². The molecule has 0 aromatic heterocycles. The molecular weight excluding hydrogens is 308 g/mol. The summed E-state index contributed by atoms with van der Waals surface area (Å²) in [6, 6.07) is 13.4. The molecule has 0 heterocycles. The van der Waals surface area contributed by atoms with E-state index < -0.39 is 5.91 Å². The van der Waals surface area contributed by atoms with E-state index in [4.69, 9.17) is 10.5 Å². The van der Waals surface area contributed by atoms with E-state index in [2.05, 4.69) is 5.32 Å². The van der Waals surface area contributed by atoms with Crippen molar-refractivity contribution in [3.05, 3.63) is 65.2 Å². The van der Waals surface area contributed by atoms with E-state index in [-0.39, 0.29) is 24.8 Å². The lowest BCUT2D eigenvalue weighted by atomic mass is 10.1. The number of hydrogen-bond acceptors (Lipinski definition) is 4. The van der Waals surface area contributed by atoms with Crippen molar-refractivity contribution in [2.75, 3.05) is 6.61 Å². The summed E-state index contributed by atoms with van der Waals surface area (Å²) >= 11 is 0. The first-order chi connectivity index (χ1) is 11.5. The van der Waals surface area contributed by atoms with Crippen molar-refractivity contribution >= 4 is 17.6 Å². The Hall–Kier alpha value is -3.15. The summed E-state index contributed by atoms with van der Waals surface area (Å²) in [5.41, 5.74) is 6.89. The average molecular weight is 326 g/mol. The molecule has 0 aliphatic heterocycles. The van der Waals surface area contributed by atoms with Crippen molar-refractivity contribution in [3.63, 3.8) is 0 Å². The number of primary amides is 1. The molecule has 3 N–H and O–H groups in total. The van der Waals surface area contributed by atoms with Crippen molar-refractivity contribution in [2.24, 2.45) is 5.73 Å². The molecule has 0 saturated heterocycles. The van der Waals surface area contributed by atoms with Crippen LogP contribution in [0.15, 0.2) is 48.5 Å². The molecule has 0 unspecified atom stereocenters. The van der Waals surface area contributed by atoms with Crippen LogP contribution >= 0.6 is 0 Å². The molecule has 6 heteroatoms. The molecule has 24 heavy (non-hydrogen) atoms. The van der Waals surface area contributed by atoms with Crippen LogP contribution in [0.4, 0.5) is 0 Å². The second-order valence-electron chi connectivity index (χ2n) is 5.21. The van der Waals surface area contributed by atoms with E-state index in [9.17, 15) is 14.4 Å². The highest BCUT2D eigenvalue weighted by Crippen LogP contribution is 2.13. The molecule has 0 spiro atoms. The fraction of sp³-hybridized carbons (Fsp3) is 0.167. The third-order valence-corrected chi connectivity index (χ3v) is 3.31.